The summed E-state index contributed by atoms with van der Waals surface area (Å²) in [6.07, 6.45) is 0. The SMILES string of the molecule is c1ccc2cc(-c3cc(-c4ccc(-c5cc6c(-c7ccc8ccccc8c7)nc7ccccc7c6c6ccccc56)cc4)nc(-c4ccc5ccccc5c4)n3)ccc2c1. The Morgan fingerprint density at radius 2 is 0.733 bits per heavy atom. The topological polar surface area (TPSA) is 38.7 Å². The van der Waals surface area contributed by atoms with Crippen molar-refractivity contribution in [3.05, 3.63) is 212 Å². The highest BCUT2D eigenvalue weighted by Gasteiger charge is 2.18. The summed E-state index contributed by atoms with van der Waals surface area (Å²) >= 11 is 0. The van der Waals surface area contributed by atoms with Crippen LogP contribution in [-0.2, 0) is 0 Å². The lowest BCUT2D eigenvalue weighted by atomic mass is 9.89. The van der Waals surface area contributed by atoms with E-state index in [1.165, 1.54) is 48.7 Å². The van der Waals surface area contributed by atoms with Crippen LogP contribution < -0.4 is 0 Å². The molecule has 0 spiro atoms. The second kappa shape index (κ2) is 13.8. The van der Waals surface area contributed by atoms with Gasteiger partial charge in [-0.1, -0.05) is 176 Å². The fourth-order valence-electron chi connectivity index (χ4n) is 8.98. The number of rotatable bonds is 5. The van der Waals surface area contributed by atoms with Crippen molar-refractivity contribution in [3.63, 3.8) is 0 Å². The zero-order valence-corrected chi connectivity index (χ0v) is 32.5. The van der Waals surface area contributed by atoms with Gasteiger partial charge in [0.1, 0.15) is 0 Å². The molecule has 2 heterocycles. The number of nitrogens with zero attached hydrogens (tertiary/aromatic N) is 3. The number of fused-ring (bicyclic) bond motifs is 8. The Kier molecular flexibility index (Phi) is 7.85. The maximum Gasteiger partial charge on any atom is 0.160 e. The van der Waals surface area contributed by atoms with Gasteiger partial charge in [-0.3, -0.25) is 0 Å². The van der Waals surface area contributed by atoms with E-state index in [0.29, 0.717) is 5.82 Å². The second-order valence-corrected chi connectivity index (χ2v) is 15.6. The van der Waals surface area contributed by atoms with Crippen molar-refractivity contribution in [1.29, 1.82) is 0 Å². The lowest BCUT2D eigenvalue weighted by Gasteiger charge is -2.16. The van der Waals surface area contributed by atoms with Gasteiger partial charge in [0.25, 0.3) is 0 Å². The van der Waals surface area contributed by atoms with Crippen LogP contribution in [0.4, 0.5) is 0 Å². The van der Waals surface area contributed by atoms with E-state index in [2.05, 4.69) is 212 Å². The van der Waals surface area contributed by atoms with Gasteiger partial charge in [-0.25, -0.2) is 15.0 Å². The van der Waals surface area contributed by atoms with Crippen molar-refractivity contribution in [3.8, 4) is 56.3 Å². The van der Waals surface area contributed by atoms with E-state index >= 15 is 0 Å². The highest BCUT2D eigenvalue weighted by Crippen LogP contribution is 2.42. The van der Waals surface area contributed by atoms with Crippen LogP contribution in [0.15, 0.2) is 212 Å². The largest absolute Gasteiger partial charge is 0.247 e. The van der Waals surface area contributed by atoms with Gasteiger partial charge in [0.2, 0.25) is 0 Å². The van der Waals surface area contributed by atoms with E-state index in [4.69, 9.17) is 15.0 Å². The summed E-state index contributed by atoms with van der Waals surface area (Å²) in [5.41, 5.74) is 10.2. The van der Waals surface area contributed by atoms with Gasteiger partial charge in [-0.2, -0.15) is 0 Å². The van der Waals surface area contributed by atoms with Crippen LogP contribution in [0.2, 0.25) is 0 Å². The molecule has 0 bridgehead atoms. The average molecular weight is 762 g/mol. The van der Waals surface area contributed by atoms with Crippen molar-refractivity contribution in [1.82, 2.24) is 15.0 Å². The number of hydrogen-bond acceptors (Lipinski definition) is 3. The molecule has 0 radical (unpaired) electrons. The van der Waals surface area contributed by atoms with Crippen molar-refractivity contribution in [2.45, 2.75) is 0 Å². The molecule has 0 atom stereocenters. The van der Waals surface area contributed by atoms with Gasteiger partial charge in [0.15, 0.2) is 5.82 Å². The van der Waals surface area contributed by atoms with Crippen LogP contribution in [0, 0.1) is 0 Å². The Labute approximate surface area is 346 Å². The number of para-hydroxylation sites is 1. The summed E-state index contributed by atoms with van der Waals surface area (Å²) in [5, 5.41) is 13.1. The summed E-state index contributed by atoms with van der Waals surface area (Å²) in [4.78, 5) is 15.8. The summed E-state index contributed by atoms with van der Waals surface area (Å²) in [6.45, 7) is 0. The normalized spacial score (nSPS) is 11.7. The van der Waals surface area contributed by atoms with E-state index in [9.17, 15) is 0 Å². The van der Waals surface area contributed by atoms with Crippen LogP contribution in [-0.4, -0.2) is 15.0 Å². The third kappa shape index (κ3) is 5.79. The van der Waals surface area contributed by atoms with Crippen LogP contribution in [0.5, 0.6) is 0 Å². The summed E-state index contributed by atoms with van der Waals surface area (Å²) in [5.74, 6) is 0.701. The first-order valence-corrected chi connectivity index (χ1v) is 20.4. The van der Waals surface area contributed by atoms with Crippen molar-refractivity contribution in [2.24, 2.45) is 0 Å². The van der Waals surface area contributed by atoms with E-state index in [1.807, 2.05) is 0 Å². The van der Waals surface area contributed by atoms with Gasteiger partial charge in [0.05, 0.1) is 22.6 Å². The van der Waals surface area contributed by atoms with Crippen molar-refractivity contribution < 1.29 is 0 Å². The standard InChI is InChI=1S/C57H35N3/c1-4-14-41-31-44(28-21-36(41)11-1)54-35-53(59-57(60-54)46-30-23-38-13-3-6-16-43(38)33-46)40-26-24-39(25-27-40)50-34-51-55(48-18-8-7-17-47(48)50)49-19-9-10-20-52(49)58-56(51)45-29-22-37-12-2-5-15-42(37)32-45/h1-35H. The third-order valence-corrected chi connectivity index (χ3v) is 12.0. The predicted octanol–water partition coefficient (Wildman–Crippen LogP) is 15.1. The van der Waals surface area contributed by atoms with Crippen LogP contribution in [0.1, 0.15) is 0 Å². The molecule has 12 rings (SSSR count). The molecule has 0 aliphatic carbocycles. The maximum absolute atomic E-state index is 5.36. The Bertz CT molecular complexity index is 3560. The van der Waals surface area contributed by atoms with E-state index < -0.39 is 0 Å². The molecule has 278 valence electrons. The molecule has 0 N–H and O–H groups in total. The van der Waals surface area contributed by atoms with Crippen LogP contribution in [0.25, 0.3) is 121 Å². The molecule has 0 unspecified atom stereocenters. The van der Waals surface area contributed by atoms with Gasteiger partial charge < -0.3 is 0 Å². The zero-order chi connectivity index (χ0) is 39.6. The molecule has 0 saturated heterocycles. The Hall–Kier alpha value is -8.01. The first-order chi connectivity index (χ1) is 29.7. The predicted molar refractivity (Wildman–Crippen MR) is 252 cm³/mol. The molecule has 60 heavy (non-hydrogen) atoms. The van der Waals surface area contributed by atoms with Crippen LogP contribution >= 0.6 is 0 Å². The minimum Gasteiger partial charge on any atom is -0.247 e. The van der Waals surface area contributed by atoms with Crippen LogP contribution in [0.3, 0.4) is 0 Å². The van der Waals surface area contributed by atoms with E-state index in [-0.39, 0.29) is 0 Å². The van der Waals surface area contributed by atoms with Gasteiger partial charge in [0, 0.05) is 38.4 Å². The molecule has 12 aromatic rings. The fraction of sp³-hybridized carbons (Fsp3) is 0. The van der Waals surface area contributed by atoms with Crippen molar-refractivity contribution in [2.75, 3.05) is 0 Å². The fourth-order valence-corrected chi connectivity index (χ4v) is 8.98. The minimum atomic E-state index is 0.701. The van der Waals surface area contributed by atoms with Gasteiger partial charge in [-0.15, -0.1) is 0 Å². The quantitative estimate of drug-likeness (QED) is 0.164. The highest BCUT2D eigenvalue weighted by molar-refractivity contribution is 6.25. The Morgan fingerprint density at radius 3 is 1.40 bits per heavy atom. The smallest absolute Gasteiger partial charge is 0.160 e. The maximum atomic E-state index is 5.36. The Morgan fingerprint density at radius 1 is 0.267 bits per heavy atom. The second-order valence-electron chi connectivity index (χ2n) is 15.6. The molecule has 0 saturated carbocycles. The number of pyridine rings is 1. The summed E-state index contributed by atoms with van der Waals surface area (Å²) in [7, 11) is 0. The number of benzene rings is 10. The van der Waals surface area contributed by atoms with E-state index in [0.717, 1.165) is 66.6 Å². The highest BCUT2D eigenvalue weighted by atomic mass is 14.9. The molecular formula is C57H35N3. The summed E-state index contributed by atoms with van der Waals surface area (Å²) in [6, 6.07) is 75.9. The number of aromatic nitrogens is 3. The first kappa shape index (κ1) is 34.1. The monoisotopic (exact) mass is 761 g/mol. The average Bonchev–Trinajstić information content (AvgIpc) is 3.32. The molecular weight excluding hydrogens is 727 g/mol. The molecule has 2 aromatic heterocycles. The van der Waals surface area contributed by atoms with Gasteiger partial charge in [-0.05, 0) is 90.6 Å². The molecule has 0 fully saturated rings. The Balaban J connectivity index is 1.03. The molecule has 0 aliphatic heterocycles. The third-order valence-electron chi connectivity index (χ3n) is 12.0. The van der Waals surface area contributed by atoms with E-state index in [1.54, 1.807) is 0 Å². The molecule has 10 aromatic carbocycles. The molecule has 0 amide bonds. The lowest BCUT2D eigenvalue weighted by molar-refractivity contribution is 1.18. The lowest BCUT2D eigenvalue weighted by Crippen LogP contribution is -1.96. The first-order valence-electron chi connectivity index (χ1n) is 20.4. The van der Waals surface area contributed by atoms with Gasteiger partial charge >= 0.3 is 0 Å². The number of hydrogen-bond donors (Lipinski definition) is 0. The molecule has 3 nitrogen and oxygen atoms in total. The van der Waals surface area contributed by atoms with Crippen molar-refractivity contribution >= 4 is 64.8 Å². The zero-order valence-electron chi connectivity index (χ0n) is 32.5. The molecule has 0 aliphatic rings. The molecule has 3 heteroatoms. The minimum absolute atomic E-state index is 0.701. The summed E-state index contributed by atoms with van der Waals surface area (Å²) < 4.78 is 0.